The Bertz CT molecular complexity index is 306. The first-order chi connectivity index (χ1) is 7.24. The van der Waals surface area contributed by atoms with Crippen LogP contribution in [0.5, 0.6) is 0 Å². The first-order valence-corrected chi connectivity index (χ1v) is 5.44. The molecule has 3 unspecified atom stereocenters. The summed E-state index contributed by atoms with van der Waals surface area (Å²) >= 11 is 0. The van der Waals surface area contributed by atoms with Crippen LogP contribution in [0.2, 0.25) is 0 Å². The molecule has 2 aliphatic carbocycles. The fourth-order valence-corrected chi connectivity index (χ4v) is 2.61. The predicted octanol–water partition coefficient (Wildman–Crippen LogP) is 1.37. The SMILES string of the molecule is COCC1CC(=O)C2CC=CCC1C2=O. The first-order valence-electron chi connectivity index (χ1n) is 5.44. The normalized spacial score (nSPS) is 35.4. The Morgan fingerprint density at radius 2 is 2.07 bits per heavy atom. The second-order valence-electron chi connectivity index (χ2n) is 4.39. The van der Waals surface area contributed by atoms with Crippen molar-refractivity contribution in [2.75, 3.05) is 13.7 Å². The van der Waals surface area contributed by atoms with Crippen LogP contribution in [0.1, 0.15) is 19.3 Å². The summed E-state index contributed by atoms with van der Waals surface area (Å²) in [5, 5.41) is 0. The number of rotatable bonds is 2. The molecule has 0 aromatic rings. The van der Waals surface area contributed by atoms with Crippen LogP contribution in [0.25, 0.3) is 0 Å². The number of hydrogen-bond donors (Lipinski definition) is 0. The number of carbonyl (C=O) groups excluding carboxylic acids is 2. The molecule has 82 valence electrons. The van der Waals surface area contributed by atoms with E-state index in [4.69, 9.17) is 4.74 Å². The first kappa shape index (κ1) is 10.6. The molecule has 0 spiro atoms. The van der Waals surface area contributed by atoms with Gasteiger partial charge in [0.15, 0.2) is 0 Å². The van der Waals surface area contributed by atoms with Crippen molar-refractivity contribution < 1.29 is 14.3 Å². The molecule has 0 N–H and O–H groups in total. The van der Waals surface area contributed by atoms with Crippen molar-refractivity contribution in [1.82, 2.24) is 0 Å². The molecule has 2 aliphatic rings. The molecule has 0 radical (unpaired) electrons. The van der Waals surface area contributed by atoms with Gasteiger partial charge in [-0.25, -0.2) is 0 Å². The van der Waals surface area contributed by atoms with E-state index in [1.807, 2.05) is 12.2 Å². The average molecular weight is 208 g/mol. The van der Waals surface area contributed by atoms with E-state index in [-0.39, 0.29) is 29.3 Å². The quantitative estimate of drug-likeness (QED) is 0.508. The average Bonchev–Trinajstić information content (AvgIpc) is 2.34. The maximum atomic E-state index is 12.0. The number of allylic oxidation sites excluding steroid dienone is 2. The summed E-state index contributed by atoms with van der Waals surface area (Å²) in [6, 6.07) is 0. The van der Waals surface area contributed by atoms with E-state index in [2.05, 4.69) is 0 Å². The number of methoxy groups -OCH3 is 1. The van der Waals surface area contributed by atoms with Gasteiger partial charge < -0.3 is 4.74 Å². The van der Waals surface area contributed by atoms with Gasteiger partial charge in [-0.1, -0.05) is 12.2 Å². The van der Waals surface area contributed by atoms with Crippen molar-refractivity contribution in [3.8, 4) is 0 Å². The summed E-state index contributed by atoms with van der Waals surface area (Å²) in [4.78, 5) is 23.7. The molecule has 1 saturated carbocycles. The third kappa shape index (κ3) is 1.88. The molecule has 0 saturated heterocycles. The Balaban J connectivity index is 2.22. The minimum Gasteiger partial charge on any atom is -0.384 e. The van der Waals surface area contributed by atoms with Gasteiger partial charge in [0.1, 0.15) is 11.6 Å². The van der Waals surface area contributed by atoms with Crippen LogP contribution in [-0.2, 0) is 14.3 Å². The minimum atomic E-state index is -0.359. The van der Waals surface area contributed by atoms with E-state index in [9.17, 15) is 9.59 Å². The molecule has 0 aromatic heterocycles. The van der Waals surface area contributed by atoms with Crippen molar-refractivity contribution in [2.45, 2.75) is 19.3 Å². The Morgan fingerprint density at radius 1 is 1.33 bits per heavy atom. The smallest absolute Gasteiger partial charge is 0.147 e. The minimum absolute atomic E-state index is 0.00593. The fraction of sp³-hybridized carbons (Fsp3) is 0.667. The summed E-state index contributed by atoms with van der Waals surface area (Å²) in [6.45, 7) is 0.517. The molecule has 3 nitrogen and oxygen atoms in total. The van der Waals surface area contributed by atoms with E-state index in [1.165, 1.54) is 0 Å². The highest BCUT2D eigenvalue weighted by Crippen LogP contribution is 2.35. The maximum absolute atomic E-state index is 12.0. The highest BCUT2D eigenvalue weighted by molar-refractivity contribution is 6.06. The van der Waals surface area contributed by atoms with Crippen LogP contribution in [0.4, 0.5) is 0 Å². The van der Waals surface area contributed by atoms with Gasteiger partial charge in [-0.3, -0.25) is 9.59 Å². The van der Waals surface area contributed by atoms with Gasteiger partial charge in [0.25, 0.3) is 0 Å². The summed E-state index contributed by atoms with van der Waals surface area (Å²) < 4.78 is 5.08. The molecular weight excluding hydrogens is 192 g/mol. The summed E-state index contributed by atoms with van der Waals surface area (Å²) in [6.07, 6.45) is 5.89. The molecule has 0 aromatic carbocycles. The van der Waals surface area contributed by atoms with E-state index < -0.39 is 0 Å². The largest absolute Gasteiger partial charge is 0.384 e. The van der Waals surface area contributed by atoms with Crippen molar-refractivity contribution in [3.05, 3.63) is 12.2 Å². The lowest BCUT2D eigenvalue weighted by atomic mass is 9.71. The maximum Gasteiger partial charge on any atom is 0.147 e. The zero-order valence-electron chi connectivity index (χ0n) is 8.94. The third-order valence-corrected chi connectivity index (χ3v) is 3.44. The molecule has 0 heterocycles. The van der Waals surface area contributed by atoms with Gasteiger partial charge in [0, 0.05) is 19.4 Å². The van der Waals surface area contributed by atoms with Gasteiger partial charge in [0.2, 0.25) is 0 Å². The molecule has 2 bridgehead atoms. The van der Waals surface area contributed by atoms with Crippen molar-refractivity contribution >= 4 is 11.6 Å². The van der Waals surface area contributed by atoms with Gasteiger partial charge in [-0.05, 0) is 18.8 Å². The highest BCUT2D eigenvalue weighted by atomic mass is 16.5. The Labute approximate surface area is 89.5 Å². The molecule has 0 aliphatic heterocycles. The number of Topliss-reactive ketones (excluding diaryl/α,β-unsaturated/α-hetero) is 2. The van der Waals surface area contributed by atoms with Crippen LogP contribution >= 0.6 is 0 Å². The van der Waals surface area contributed by atoms with E-state index in [0.29, 0.717) is 19.4 Å². The standard InChI is InChI=1S/C12H16O3/c1-15-7-8-6-11(13)10-5-3-2-4-9(8)12(10)14/h2-3,8-10H,4-7H2,1H3. The second-order valence-corrected chi connectivity index (χ2v) is 4.39. The van der Waals surface area contributed by atoms with Crippen molar-refractivity contribution in [1.29, 1.82) is 0 Å². The highest BCUT2D eigenvalue weighted by Gasteiger charge is 2.42. The lowest BCUT2D eigenvalue weighted by molar-refractivity contribution is -0.142. The van der Waals surface area contributed by atoms with Crippen LogP contribution < -0.4 is 0 Å². The van der Waals surface area contributed by atoms with Gasteiger partial charge in [0.05, 0.1) is 12.5 Å². The van der Waals surface area contributed by atoms with Gasteiger partial charge in [-0.2, -0.15) is 0 Å². The third-order valence-electron chi connectivity index (χ3n) is 3.44. The number of ketones is 2. The number of carbonyl (C=O) groups is 2. The van der Waals surface area contributed by atoms with Crippen molar-refractivity contribution in [3.63, 3.8) is 0 Å². The lowest BCUT2D eigenvalue weighted by Gasteiger charge is -2.31. The monoisotopic (exact) mass is 208 g/mol. The second kappa shape index (κ2) is 4.27. The molecule has 15 heavy (non-hydrogen) atoms. The van der Waals surface area contributed by atoms with Crippen LogP contribution in [0.3, 0.4) is 0 Å². The Hall–Kier alpha value is -0.960. The van der Waals surface area contributed by atoms with Gasteiger partial charge in [-0.15, -0.1) is 0 Å². The molecule has 3 heteroatoms. The summed E-state index contributed by atoms with van der Waals surface area (Å²) in [5.41, 5.74) is 0. The van der Waals surface area contributed by atoms with Crippen LogP contribution in [0.15, 0.2) is 12.2 Å². The fourth-order valence-electron chi connectivity index (χ4n) is 2.61. The van der Waals surface area contributed by atoms with E-state index in [1.54, 1.807) is 7.11 Å². The molecule has 2 rings (SSSR count). The lowest BCUT2D eigenvalue weighted by Crippen LogP contribution is -2.41. The predicted molar refractivity (Wildman–Crippen MR) is 55.4 cm³/mol. The molecular formula is C12H16O3. The molecule has 3 atom stereocenters. The summed E-state index contributed by atoms with van der Waals surface area (Å²) in [7, 11) is 1.62. The van der Waals surface area contributed by atoms with Crippen LogP contribution in [0, 0.1) is 17.8 Å². The number of hydrogen-bond acceptors (Lipinski definition) is 3. The zero-order chi connectivity index (χ0) is 10.8. The Morgan fingerprint density at radius 3 is 2.80 bits per heavy atom. The molecule has 0 amide bonds. The zero-order valence-corrected chi connectivity index (χ0v) is 8.94. The van der Waals surface area contributed by atoms with Gasteiger partial charge >= 0.3 is 0 Å². The number of fused-ring (bicyclic) bond motifs is 2. The molecule has 1 fully saturated rings. The topological polar surface area (TPSA) is 43.4 Å². The summed E-state index contributed by atoms with van der Waals surface area (Å²) in [5.74, 6) is -0.0228. The van der Waals surface area contributed by atoms with E-state index >= 15 is 0 Å². The van der Waals surface area contributed by atoms with Crippen LogP contribution in [-0.4, -0.2) is 25.3 Å². The number of ether oxygens (including phenoxy) is 1. The van der Waals surface area contributed by atoms with E-state index in [0.717, 1.165) is 6.42 Å². The Kier molecular flexibility index (Phi) is 3.00. The van der Waals surface area contributed by atoms with Crippen molar-refractivity contribution in [2.24, 2.45) is 17.8 Å².